The number of sulfonamides is 1. The standard InChI is InChI=1S/C14H17ClN2O2S2/c1-17(2)13(14-7-4-8-20-14)10-16-21(18,19)12-6-3-5-11(15)9-12/h3-9,13,16H,10H2,1-2H3. The molecule has 0 saturated carbocycles. The predicted octanol–water partition coefficient (Wildman–Crippen LogP) is 2.98. The van der Waals surface area contributed by atoms with Crippen LogP contribution in [0.25, 0.3) is 0 Å². The zero-order valence-corrected chi connectivity index (χ0v) is 14.2. The third-order valence-electron chi connectivity index (χ3n) is 3.07. The Hall–Kier alpha value is -0.920. The minimum atomic E-state index is -3.56. The molecular formula is C14H17ClN2O2S2. The molecule has 0 radical (unpaired) electrons. The molecule has 21 heavy (non-hydrogen) atoms. The van der Waals surface area contributed by atoms with Crippen LogP contribution in [-0.4, -0.2) is 34.0 Å². The van der Waals surface area contributed by atoms with Crippen molar-refractivity contribution in [1.29, 1.82) is 0 Å². The predicted molar refractivity (Wildman–Crippen MR) is 87.4 cm³/mol. The van der Waals surface area contributed by atoms with Gasteiger partial charge in [-0.2, -0.15) is 0 Å². The van der Waals surface area contributed by atoms with E-state index in [0.29, 0.717) is 11.6 Å². The largest absolute Gasteiger partial charge is 0.300 e. The topological polar surface area (TPSA) is 49.4 Å². The van der Waals surface area contributed by atoms with Crippen LogP contribution in [0.1, 0.15) is 10.9 Å². The Labute approximate surface area is 134 Å². The number of rotatable bonds is 6. The zero-order chi connectivity index (χ0) is 15.5. The van der Waals surface area contributed by atoms with E-state index in [0.717, 1.165) is 4.88 Å². The fourth-order valence-corrected chi connectivity index (χ4v) is 4.19. The van der Waals surface area contributed by atoms with Crippen molar-refractivity contribution in [2.24, 2.45) is 0 Å². The van der Waals surface area contributed by atoms with Gasteiger partial charge in [-0.25, -0.2) is 13.1 Å². The van der Waals surface area contributed by atoms with Crippen LogP contribution in [0.4, 0.5) is 0 Å². The van der Waals surface area contributed by atoms with Gasteiger partial charge in [0.25, 0.3) is 0 Å². The van der Waals surface area contributed by atoms with Gasteiger partial charge in [-0.1, -0.05) is 23.7 Å². The maximum Gasteiger partial charge on any atom is 0.240 e. The SMILES string of the molecule is CN(C)C(CNS(=O)(=O)c1cccc(Cl)c1)c1cccs1. The molecule has 1 atom stereocenters. The molecule has 1 N–H and O–H groups in total. The second kappa shape index (κ2) is 6.89. The average Bonchev–Trinajstić information content (AvgIpc) is 2.92. The molecular weight excluding hydrogens is 328 g/mol. The van der Waals surface area contributed by atoms with Crippen molar-refractivity contribution in [1.82, 2.24) is 9.62 Å². The van der Waals surface area contributed by atoms with E-state index in [-0.39, 0.29) is 10.9 Å². The third-order valence-corrected chi connectivity index (χ3v) is 5.70. The number of hydrogen-bond donors (Lipinski definition) is 1. The van der Waals surface area contributed by atoms with E-state index in [1.54, 1.807) is 23.5 Å². The molecule has 0 fully saturated rings. The quantitative estimate of drug-likeness (QED) is 0.876. The summed E-state index contributed by atoms with van der Waals surface area (Å²) < 4.78 is 27.2. The van der Waals surface area contributed by atoms with Crippen molar-refractivity contribution >= 4 is 33.0 Å². The highest BCUT2D eigenvalue weighted by Gasteiger charge is 2.20. The van der Waals surface area contributed by atoms with Crippen LogP contribution in [0, 0.1) is 0 Å². The summed E-state index contributed by atoms with van der Waals surface area (Å²) in [5.41, 5.74) is 0. The molecule has 1 heterocycles. The summed E-state index contributed by atoms with van der Waals surface area (Å²) in [5, 5.41) is 2.39. The number of nitrogens with zero attached hydrogens (tertiary/aromatic N) is 1. The van der Waals surface area contributed by atoms with E-state index in [1.165, 1.54) is 12.1 Å². The van der Waals surface area contributed by atoms with Gasteiger partial charge in [0.1, 0.15) is 0 Å². The fraction of sp³-hybridized carbons (Fsp3) is 0.286. The van der Waals surface area contributed by atoms with Crippen LogP contribution in [0.15, 0.2) is 46.7 Å². The molecule has 7 heteroatoms. The molecule has 1 aromatic carbocycles. The molecule has 1 aromatic heterocycles. The Morgan fingerprint density at radius 3 is 2.62 bits per heavy atom. The molecule has 0 bridgehead atoms. The molecule has 0 amide bonds. The first-order valence-electron chi connectivity index (χ1n) is 6.35. The molecule has 0 aliphatic rings. The van der Waals surface area contributed by atoms with Crippen LogP contribution < -0.4 is 4.72 Å². The van der Waals surface area contributed by atoms with Crippen molar-refractivity contribution in [2.45, 2.75) is 10.9 Å². The lowest BCUT2D eigenvalue weighted by atomic mass is 10.2. The molecule has 114 valence electrons. The molecule has 0 saturated heterocycles. The summed E-state index contributed by atoms with van der Waals surface area (Å²) in [4.78, 5) is 3.29. The summed E-state index contributed by atoms with van der Waals surface area (Å²) in [6.07, 6.45) is 0. The summed E-state index contributed by atoms with van der Waals surface area (Å²) in [7, 11) is 0.298. The molecule has 0 aliphatic heterocycles. The molecule has 4 nitrogen and oxygen atoms in total. The Morgan fingerprint density at radius 1 is 1.29 bits per heavy atom. The van der Waals surface area contributed by atoms with Crippen molar-refractivity contribution < 1.29 is 8.42 Å². The molecule has 0 spiro atoms. The van der Waals surface area contributed by atoms with Gasteiger partial charge in [0.15, 0.2) is 0 Å². The van der Waals surface area contributed by atoms with Gasteiger partial charge in [-0.05, 0) is 43.7 Å². The van der Waals surface area contributed by atoms with E-state index in [2.05, 4.69) is 4.72 Å². The number of likely N-dealkylation sites (N-methyl/N-ethyl adjacent to an activating group) is 1. The van der Waals surface area contributed by atoms with E-state index >= 15 is 0 Å². The number of hydrogen-bond acceptors (Lipinski definition) is 4. The summed E-state index contributed by atoms with van der Waals surface area (Å²) in [5.74, 6) is 0. The van der Waals surface area contributed by atoms with E-state index in [1.807, 2.05) is 36.5 Å². The lowest BCUT2D eigenvalue weighted by Crippen LogP contribution is -2.34. The number of thiophene rings is 1. The first-order chi connectivity index (χ1) is 9.90. The Balaban J connectivity index is 2.13. The second-order valence-corrected chi connectivity index (χ2v) is 7.99. The highest BCUT2D eigenvalue weighted by Crippen LogP contribution is 2.23. The van der Waals surface area contributed by atoms with E-state index in [4.69, 9.17) is 11.6 Å². The van der Waals surface area contributed by atoms with Gasteiger partial charge in [-0.15, -0.1) is 11.3 Å². The van der Waals surface area contributed by atoms with Crippen LogP contribution in [0.3, 0.4) is 0 Å². The van der Waals surface area contributed by atoms with Gasteiger partial charge in [-0.3, -0.25) is 0 Å². The van der Waals surface area contributed by atoms with Crippen LogP contribution >= 0.6 is 22.9 Å². The maximum atomic E-state index is 12.3. The normalized spacial score (nSPS) is 13.5. The number of benzene rings is 1. The van der Waals surface area contributed by atoms with Crippen LogP contribution in [0.5, 0.6) is 0 Å². The average molecular weight is 345 g/mol. The van der Waals surface area contributed by atoms with E-state index in [9.17, 15) is 8.42 Å². The third kappa shape index (κ3) is 4.28. The summed E-state index contributed by atoms with van der Waals surface area (Å²) >= 11 is 7.46. The van der Waals surface area contributed by atoms with Gasteiger partial charge >= 0.3 is 0 Å². The Morgan fingerprint density at radius 2 is 2.05 bits per heavy atom. The molecule has 2 rings (SSSR count). The summed E-state index contributed by atoms with van der Waals surface area (Å²) in [6, 6.07) is 10.2. The molecule has 2 aromatic rings. The number of halogens is 1. The first kappa shape index (κ1) is 16.5. The van der Waals surface area contributed by atoms with Crippen LogP contribution in [-0.2, 0) is 10.0 Å². The highest BCUT2D eigenvalue weighted by atomic mass is 35.5. The first-order valence-corrected chi connectivity index (χ1v) is 9.09. The lowest BCUT2D eigenvalue weighted by Gasteiger charge is -2.23. The van der Waals surface area contributed by atoms with Crippen molar-refractivity contribution in [3.63, 3.8) is 0 Å². The van der Waals surface area contributed by atoms with E-state index < -0.39 is 10.0 Å². The lowest BCUT2D eigenvalue weighted by molar-refractivity contribution is 0.303. The van der Waals surface area contributed by atoms with Crippen LogP contribution in [0.2, 0.25) is 5.02 Å². The molecule has 1 unspecified atom stereocenters. The van der Waals surface area contributed by atoms with Gasteiger partial charge in [0.05, 0.1) is 10.9 Å². The smallest absolute Gasteiger partial charge is 0.240 e. The minimum Gasteiger partial charge on any atom is -0.300 e. The van der Waals surface area contributed by atoms with Gasteiger partial charge in [0, 0.05) is 16.4 Å². The zero-order valence-electron chi connectivity index (χ0n) is 11.8. The minimum absolute atomic E-state index is 0.000964. The molecule has 0 aliphatic carbocycles. The van der Waals surface area contributed by atoms with Gasteiger partial charge in [0.2, 0.25) is 10.0 Å². The fourth-order valence-electron chi connectivity index (χ4n) is 1.92. The Bertz CT molecular complexity index is 685. The maximum absolute atomic E-state index is 12.3. The second-order valence-electron chi connectivity index (χ2n) is 4.80. The highest BCUT2D eigenvalue weighted by molar-refractivity contribution is 7.89. The van der Waals surface area contributed by atoms with Gasteiger partial charge < -0.3 is 4.90 Å². The van der Waals surface area contributed by atoms with Crippen molar-refractivity contribution in [3.8, 4) is 0 Å². The Kier molecular flexibility index (Phi) is 5.40. The summed E-state index contributed by atoms with van der Waals surface area (Å²) in [6.45, 7) is 0.308. The monoisotopic (exact) mass is 344 g/mol. The number of nitrogens with one attached hydrogen (secondary N) is 1. The van der Waals surface area contributed by atoms with Crippen molar-refractivity contribution in [3.05, 3.63) is 51.7 Å². The van der Waals surface area contributed by atoms with Crippen molar-refractivity contribution in [2.75, 3.05) is 20.6 Å².